The minimum absolute atomic E-state index is 0.0365. The number of rotatable bonds is 6. The molecule has 126 valence electrons. The highest BCUT2D eigenvalue weighted by molar-refractivity contribution is 7.92. The molecule has 3 rings (SSSR count). The molecule has 0 saturated carbocycles. The smallest absolute Gasteiger partial charge is 0.232 e. The highest BCUT2D eigenvalue weighted by atomic mass is 32.2. The van der Waals surface area contributed by atoms with Gasteiger partial charge in [0.25, 0.3) is 0 Å². The van der Waals surface area contributed by atoms with Crippen LogP contribution in [0.4, 0.5) is 5.69 Å². The third-order valence-electron chi connectivity index (χ3n) is 4.00. The van der Waals surface area contributed by atoms with Gasteiger partial charge in [-0.15, -0.1) is 0 Å². The fourth-order valence-electron chi connectivity index (χ4n) is 2.73. The van der Waals surface area contributed by atoms with Gasteiger partial charge < -0.3 is 4.57 Å². The lowest BCUT2D eigenvalue weighted by molar-refractivity contribution is 0.602. The summed E-state index contributed by atoms with van der Waals surface area (Å²) in [6, 6.07) is 15.8. The van der Waals surface area contributed by atoms with Gasteiger partial charge in [0.2, 0.25) is 10.0 Å². The molecule has 0 unspecified atom stereocenters. The summed E-state index contributed by atoms with van der Waals surface area (Å²) in [5.41, 5.74) is 3.36. The summed E-state index contributed by atoms with van der Waals surface area (Å²) in [5.74, 6) is 0.978. The molecule has 0 atom stereocenters. The van der Waals surface area contributed by atoms with Crippen LogP contribution in [0.1, 0.15) is 25.2 Å². The Morgan fingerprint density at radius 2 is 1.79 bits per heavy atom. The molecule has 0 amide bonds. The van der Waals surface area contributed by atoms with E-state index in [1.807, 2.05) is 30.3 Å². The SMILES string of the molecule is CCc1nc2c(NS(=O)(=O)CC)cccc2n1Cc1ccccc1. The van der Waals surface area contributed by atoms with Crippen molar-refractivity contribution in [1.82, 2.24) is 9.55 Å². The predicted octanol–water partition coefficient (Wildman–Crippen LogP) is 3.41. The number of nitrogens with zero attached hydrogens (tertiary/aromatic N) is 2. The Kier molecular flexibility index (Phi) is 4.57. The van der Waals surface area contributed by atoms with E-state index in [4.69, 9.17) is 0 Å². The second-order valence-electron chi connectivity index (χ2n) is 5.63. The molecule has 5 nitrogen and oxygen atoms in total. The van der Waals surface area contributed by atoms with E-state index >= 15 is 0 Å². The number of aromatic nitrogens is 2. The number of imidazole rings is 1. The zero-order valence-corrected chi connectivity index (χ0v) is 14.7. The second-order valence-corrected chi connectivity index (χ2v) is 7.64. The summed E-state index contributed by atoms with van der Waals surface area (Å²) in [5, 5.41) is 0. The van der Waals surface area contributed by atoms with Crippen LogP contribution in [0.25, 0.3) is 11.0 Å². The first-order valence-corrected chi connectivity index (χ1v) is 9.72. The van der Waals surface area contributed by atoms with E-state index in [9.17, 15) is 8.42 Å². The van der Waals surface area contributed by atoms with Crippen LogP contribution in [-0.2, 0) is 23.0 Å². The zero-order valence-electron chi connectivity index (χ0n) is 13.9. The second kappa shape index (κ2) is 6.65. The topological polar surface area (TPSA) is 64.0 Å². The highest BCUT2D eigenvalue weighted by Crippen LogP contribution is 2.26. The van der Waals surface area contributed by atoms with Gasteiger partial charge in [-0.2, -0.15) is 0 Å². The van der Waals surface area contributed by atoms with Gasteiger partial charge in [0.15, 0.2) is 0 Å². The summed E-state index contributed by atoms with van der Waals surface area (Å²) in [6.45, 7) is 4.39. The van der Waals surface area contributed by atoms with Crippen LogP contribution in [-0.4, -0.2) is 23.7 Å². The predicted molar refractivity (Wildman–Crippen MR) is 97.7 cm³/mol. The fraction of sp³-hybridized carbons (Fsp3) is 0.278. The number of anilines is 1. The van der Waals surface area contributed by atoms with Gasteiger partial charge in [0, 0.05) is 13.0 Å². The molecule has 1 aromatic heterocycles. The molecule has 0 aliphatic heterocycles. The Hall–Kier alpha value is -2.34. The van der Waals surface area contributed by atoms with Crippen molar-refractivity contribution in [3.63, 3.8) is 0 Å². The molecule has 2 aromatic carbocycles. The molecule has 0 aliphatic carbocycles. The molecule has 0 bridgehead atoms. The molecule has 1 N–H and O–H groups in total. The first-order valence-electron chi connectivity index (χ1n) is 8.06. The van der Waals surface area contributed by atoms with E-state index in [0.29, 0.717) is 17.7 Å². The number of benzene rings is 2. The number of hydrogen-bond acceptors (Lipinski definition) is 3. The molecule has 0 radical (unpaired) electrons. The monoisotopic (exact) mass is 343 g/mol. The van der Waals surface area contributed by atoms with Crippen molar-refractivity contribution in [3.8, 4) is 0 Å². The van der Waals surface area contributed by atoms with Gasteiger partial charge >= 0.3 is 0 Å². The first kappa shape index (κ1) is 16.5. The molecule has 0 saturated heterocycles. The summed E-state index contributed by atoms with van der Waals surface area (Å²) in [4.78, 5) is 4.68. The van der Waals surface area contributed by atoms with Crippen LogP contribution in [0.15, 0.2) is 48.5 Å². The third-order valence-corrected chi connectivity index (χ3v) is 5.29. The number of hydrogen-bond donors (Lipinski definition) is 1. The quantitative estimate of drug-likeness (QED) is 0.746. The minimum Gasteiger partial charge on any atom is -0.323 e. The normalized spacial score (nSPS) is 11.8. The fourth-order valence-corrected chi connectivity index (χ4v) is 3.37. The van der Waals surface area contributed by atoms with Crippen molar-refractivity contribution in [2.45, 2.75) is 26.8 Å². The van der Waals surface area contributed by atoms with Gasteiger partial charge in [-0.1, -0.05) is 43.3 Å². The Balaban J connectivity index is 2.10. The van der Waals surface area contributed by atoms with Crippen LogP contribution < -0.4 is 4.72 Å². The average molecular weight is 343 g/mol. The van der Waals surface area contributed by atoms with Crippen LogP contribution in [0.2, 0.25) is 0 Å². The molecule has 6 heteroatoms. The number of nitrogens with one attached hydrogen (secondary N) is 1. The lowest BCUT2D eigenvalue weighted by Crippen LogP contribution is -2.14. The van der Waals surface area contributed by atoms with E-state index < -0.39 is 10.0 Å². The van der Waals surface area contributed by atoms with Crippen LogP contribution in [0.5, 0.6) is 0 Å². The number of para-hydroxylation sites is 1. The van der Waals surface area contributed by atoms with Gasteiger partial charge in [-0.3, -0.25) is 4.72 Å². The van der Waals surface area contributed by atoms with Crippen molar-refractivity contribution in [3.05, 3.63) is 59.9 Å². The average Bonchev–Trinajstić information content (AvgIpc) is 2.95. The summed E-state index contributed by atoms with van der Waals surface area (Å²) >= 11 is 0. The molecule has 24 heavy (non-hydrogen) atoms. The number of aryl methyl sites for hydroxylation is 1. The van der Waals surface area contributed by atoms with Crippen LogP contribution in [0.3, 0.4) is 0 Å². The first-order chi connectivity index (χ1) is 11.5. The molecule has 0 spiro atoms. The van der Waals surface area contributed by atoms with Gasteiger partial charge in [0.1, 0.15) is 11.3 Å². The lowest BCUT2D eigenvalue weighted by atomic mass is 10.2. The number of sulfonamides is 1. The molecular formula is C18H21N3O2S. The summed E-state index contributed by atoms with van der Waals surface area (Å²) < 4.78 is 28.6. The Labute approximate surface area is 142 Å². The van der Waals surface area contributed by atoms with Crippen molar-refractivity contribution in [2.75, 3.05) is 10.5 Å². The lowest BCUT2D eigenvalue weighted by Gasteiger charge is -2.09. The Bertz CT molecular complexity index is 947. The standard InChI is InChI=1S/C18H21N3O2S/c1-3-17-19-18-15(20-24(22,23)4-2)11-8-12-16(18)21(17)13-14-9-6-5-7-10-14/h5-12,20H,3-4,13H2,1-2H3. The van der Waals surface area contributed by atoms with Gasteiger partial charge in [0.05, 0.1) is 17.0 Å². The zero-order chi connectivity index (χ0) is 17.2. The highest BCUT2D eigenvalue weighted by Gasteiger charge is 2.15. The van der Waals surface area contributed by atoms with Gasteiger partial charge in [-0.25, -0.2) is 13.4 Å². The van der Waals surface area contributed by atoms with Crippen molar-refractivity contribution >= 4 is 26.7 Å². The van der Waals surface area contributed by atoms with E-state index in [0.717, 1.165) is 17.8 Å². The maximum atomic E-state index is 11.9. The van der Waals surface area contributed by atoms with E-state index in [1.54, 1.807) is 13.0 Å². The molecule has 0 fully saturated rings. The van der Waals surface area contributed by atoms with Gasteiger partial charge in [-0.05, 0) is 24.6 Å². The molecular weight excluding hydrogens is 322 g/mol. The minimum atomic E-state index is -3.33. The van der Waals surface area contributed by atoms with Crippen LogP contribution >= 0.6 is 0 Å². The van der Waals surface area contributed by atoms with Crippen molar-refractivity contribution in [2.24, 2.45) is 0 Å². The summed E-state index contributed by atoms with van der Waals surface area (Å²) in [7, 11) is -3.33. The van der Waals surface area contributed by atoms with E-state index in [-0.39, 0.29) is 5.75 Å². The van der Waals surface area contributed by atoms with Crippen molar-refractivity contribution in [1.29, 1.82) is 0 Å². The van der Waals surface area contributed by atoms with Crippen molar-refractivity contribution < 1.29 is 8.42 Å². The summed E-state index contributed by atoms with van der Waals surface area (Å²) in [6.07, 6.45) is 0.779. The largest absolute Gasteiger partial charge is 0.323 e. The molecule has 3 aromatic rings. The van der Waals surface area contributed by atoms with E-state index in [1.165, 1.54) is 5.56 Å². The molecule has 0 aliphatic rings. The Morgan fingerprint density at radius 3 is 2.46 bits per heavy atom. The maximum absolute atomic E-state index is 11.9. The Morgan fingerprint density at radius 1 is 1.04 bits per heavy atom. The molecule has 1 heterocycles. The van der Waals surface area contributed by atoms with Crippen LogP contribution in [0, 0.1) is 0 Å². The maximum Gasteiger partial charge on any atom is 0.232 e. The van der Waals surface area contributed by atoms with E-state index in [2.05, 4.69) is 33.3 Å². The number of fused-ring (bicyclic) bond motifs is 1. The third kappa shape index (κ3) is 3.28.